The van der Waals surface area contributed by atoms with Crippen LogP contribution in [-0.4, -0.2) is 11.6 Å². The van der Waals surface area contributed by atoms with Crippen LogP contribution in [0.2, 0.25) is 0 Å². The summed E-state index contributed by atoms with van der Waals surface area (Å²) >= 11 is 0. The van der Waals surface area contributed by atoms with Crippen LogP contribution < -0.4 is 0 Å². The van der Waals surface area contributed by atoms with Crippen LogP contribution in [0, 0.1) is 4.91 Å². The van der Waals surface area contributed by atoms with Gasteiger partial charge in [-0.15, -0.1) is 4.91 Å². The van der Waals surface area contributed by atoms with Crippen molar-refractivity contribution in [2.24, 2.45) is 5.29 Å². The molecule has 0 aliphatic rings. The molecular weight excluding hydrogens is 365 g/mol. The maximum atomic E-state index is 12.6. The number of fused-ring (bicyclic) bond motifs is 1. The van der Waals surface area contributed by atoms with E-state index in [4.69, 9.17) is 0 Å². The molecule has 0 fully saturated rings. The Balaban J connectivity index is 1.65. The minimum atomic E-state index is -4.33. The number of halogens is 3. The molecule has 3 rings (SSSR count). The highest BCUT2D eigenvalue weighted by molar-refractivity contribution is 5.86. The molecule has 3 aromatic rings. The number of hydrogen-bond donors (Lipinski definition) is 0. The third-order valence-corrected chi connectivity index (χ3v) is 4.96. The van der Waals surface area contributed by atoms with Crippen LogP contribution in [0.4, 0.5) is 13.2 Å². The second-order valence-corrected chi connectivity index (χ2v) is 6.79. The summed E-state index contributed by atoms with van der Waals surface area (Å²) in [5, 5.41) is 6.85. The van der Waals surface area contributed by atoms with E-state index in [9.17, 15) is 18.1 Å². The van der Waals surface area contributed by atoms with E-state index >= 15 is 0 Å². The van der Waals surface area contributed by atoms with Crippen molar-refractivity contribution in [1.82, 2.24) is 5.01 Å². The lowest BCUT2D eigenvalue weighted by Crippen LogP contribution is -2.22. The topological polar surface area (TPSA) is 32.7 Å². The quantitative estimate of drug-likeness (QED) is 0.341. The number of aryl methyl sites for hydroxylation is 1. The highest BCUT2D eigenvalue weighted by atomic mass is 19.4. The predicted octanol–water partition coefficient (Wildman–Crippen LogP) is 6.54. The first-order chi connectivity index (χ1) is 13.4. The lowest BCUT2D eigenvalue weighted by Gasteiger charge is -2.24. The maximum Gasteiger partial charge on any atom is 0.416 e. The van der Waals surface area contributed by atoms with E-state index in [1.165, 1.54) is 17.1 Å². The zero-order chi connectivity index (χ0) is 20.1. The zero-order valence-electron chi connectivity index (χ0n) is 15.5. The monoisotopic (exact) mass is 386 g/mol. The van der Waals surface area contributed by atoms with Crippen molar-refractivity contribution in [3.8, 4) is 0 Å². The normalized spacial score (nSPS) is 12.7. The number of rotatable bonds is 7. The van der Waals surface area contributed by atoms with Crippen LogP contribution in [-0.2, 0) is 12.6 Å². The smallest absolute Gasteiger partial charge is 0.254 e. The molecule has 0 spiro atoms. The lowest BCUT2D eigenvalue weighted by atomic mass is 9.99. The van der Waals surface area contributed by atoms with E-state index < -0.39 is 11.7 Å². The molecule has 0 unspecified atom stereocenters. The minimum Gasteiger partial charge on any atom is -0.254 e. The van der Waals surface area contributed by atoms with Crippen molar-refractivity contribution in [2.75, 3.05) is 6.54 Å². The van der Waals surface area contributed by atoms with Gasteiger partial charge in [-0.1, -0.05) is 54.6 Å². The standard InChI is InChI=1S/C22H21F3N2O/c1-16(20-10-4-8-18-7-2-3-9-21(18)20)27(26-28)15-5-6-17-11-13-19(14-12-17)22(23,24)25/h2-4,7-14,16H,5-6,15H2,1H3/t16-/m1/s1. The lowest BCUT2D eigenvalue weighted by molar-refractivity contribution is -0.137. The van der Waals surface area contributed by atoms with E-state index in [0.29, 0.717) is 19.4 Å². The van der Waals surface area contributed by atoms with Gasteiger partial charge >= 0.3 is 6.18 Å². The molecule has 28 heavy (non-hydrogen) atoms. The molecule has 0 saturated carbocycles. The van der Waals surface area contributed by atoms with Gasteiger partial charge in [-0.05, 0) is 53.8 Å². The molecule has 6 heteroatoms. The molecule has 0 heterocycles. The molecule has 3 aromatic carbocycles. The molecule has 0 N–H and O–H groups in total. The third kappa shape index (κ3) is 4.50. The number of benzene rings is 3. The third-order valence-electron chi connectivity index (χ3n) is 4.96. The van der Waals surface area contributed by atoms with Gasteiger partial charge in [-0.3, -0.25) is 5.01 Å². The number of hydrogen-bond acceptors (Lipinski definition) is 2. The Morgan fingerprint density at radius 1 is 0.964 bits per heavy atom. The number of nitroso groups, excluding NO2 is 1. The van der Waals surface area contributed by atoms with E-state index in [1.807, 2.05) is 49.4 Å². The summed E-state index contributed by atoms with van der Waals surface area (Å²) in [5.41, 5.74) is 1.17. The summed E-state index contributed by atoms with van der Waals surface area (Å²) in [6.07, 6.45) is -3.14. The highest BCUT2D eigenvalue weighted by Crippen LogP contribution is 2.30. The predicted molar refractivity (Wildman–Crippen MR) is 105 cm³/mol. The van der Waals surface area contributed by atoms with Gasteiger partial charge in [-0.2, -0.15) is 13.2 Å². The molecule has 0 bridgehead atoms. The second-order valence-electron chi connectivity index (χ2n) is 6.79. The average Bonchev–Trinajstić information content (AvgIpc) is 2.70. The van der Waals surface area contributed by atoms with Gasteiger partial charge in [0.15, 0.2) is 0 Å². The van der Waals surface area contributed by atoms with Crippen molar-refractivity contribution in [3.63, 3.8) is 0 Å². The minimum absolute atomic E-state index is 0.198. The Morgan fingerprint density at radius 2 is 1.64 bits per heavy atom. The molecule has 146 valence electrons. The van der Waals surface area contributed by atoms with Gasteiger partial charge in [0.1, 0.15) is 0 Å². The Bertz CT molecular complexity index is 933. The van der Waals surface area contributed by atoms with Crippen LogP contribution >= 0.6 is 0 Å². The van der Waals surface area contributed by atoms with E-state index in [-0.39, 0.29) is 6.04 Å². The zero-order valence-corrected chi connectivity index (χ0v) is 15.5. The van der Waals surface area contributed by atoms with E-state index in [0.717, 1.165) is 34.0 Å². The SMILES string of the molecule is C[C@H](c1cccc2ccccc12)N(CCCc1ccc(C(F)(F)F)cc1)N=O. The number of nitrogens with zero attached hydrogens (tertiary/aromatic N) is 2. The summed E-state index contributed by atoms with van der Waals surface area (Å²) in [5.74, 6) is 0. The molecule has 0 aromatic heterocycles. The first-order valence-electron chi connectivity index (χ1n) is 9.14. The molecule has 0 aliphatic carbocycles. The van der Waals surface area contributed by atoms with Gasteiger partial charge in [0, 0.05) is 6.54 Å². The van der Waals surface area contributed by atoms with Crippen molar-refractivity contribution in [1.29, 1.82) is 0 Å². The van der Waals surface area contributed by atoms with Gasteiger partial charge in [-0.25, -0.2) is 0 Å². The summed E-state index contributed by atoms with van der Waals surface area (Å²) < 4.78 is 37.9. The molecule has 1 atom stereocenters. The average molecular weight is 386 g/mol. The van der Waals surface area contributed by atoms with Crippen LogP contribution in [0.15, 0.2) is 72.0 Å². The molecule has 3 nitrogen and oxygen atoms in total. The fraction of sp³-hybridized carbons (Fsp3) is 0.273. The maximum absolute atomic E-state index is 12.6. The highest BCUT2D eigenvalue weighted by Gasteiger charge is 2.29. The van der Waals surface area contributed by atoms with Crippen LogP contribution in [0.25, 0.3) is 10.8 Å². The summed E-state index contributed by atoms with van der Waals surface area (Å²) in [4.78, 5) is 11.4. The first-order valence-corrected chi connectivity index (χ1v) is 9.14. The molecule has 0 aliphatic heterocycles. The van der Waals surface area contributed by atoms with Gasteiger partial charge in [0.25, 0.3) is 0 Å². The fourth-order valence-electron chi connectivity index (χ4n) is 3.39. The molecule has 0 saturated heterocycles. The van der Waals surface area contributed by atoms with Crippen molar-refractivity contribution in [2.45, 2.75) is 32.0 Å². The van der Waals surface area contributed by atoms with Crippen LogP contribution in [0.1, 0.15) is 36.1 Å². The van der Waals surface area contributed by atoms with Gasteiger partial charge < -0.3 is 0 Å². The fourth-order valence-corrected chi connectivity index (χ4v) is 3.39. The summed E-state index contributed by atoms with van der Waals surface area (Å²) in [7, 11) is 0. The van der Waals surface area contributed by atoms with Gasteiger partial charge in [0.05, 0.1) is 16.9 Å². The van der Waals surface area contributed by atoms with Gasteiger partial charge in [0.2, 0.25) is 0 Å². The van der Waals surface area contributed by atoms with Crippen molar-refractivity contribution >= 4 is 10.8 Å². The molecule has 0 radical (unpaired) electrons. The number of alkyl halides is 3. The Labute approximate surface area is 161 Å². The first kappa shape index (κ1) is 19.9. The second kappa shape index (κ2) is 8.42. The Morgan fingerprint density at radius 3 is 2.32 bits per heavy atom. The van der Waals surface area contributed by atoms with Crippen LogP contribution in [0.3, 0.4) is 0 Å². The molecule has 0 amide bonds. The van der Waals surface area contributed by atoms with Crippen molar-refractivity contribution in [3.05, 3.63) is 88.3 Å². The van der Waals surface area contributed by atoms with E-state index in [1.54, 1.807) is 0 Å². The largest absolute Gasteiger partial charge is 0.416 e. The Kier molecular flexibility index (Phi) is 5.97. The summed E-state index contributed by atoms with van der Waals surface area (Å²) in [6, 6.07) is 18.9. The van der Waals surface area contributed by atoms with Crippen LogP contribution in [0.5, 0.6) is 0 Å². The summed E-state index contributed by atoms with van der Waals surface area (Å²) in [6.45, 7) is 2.36. The molecular formula is C22H21F3N2O. The Hall–Kier alpha value is -2.89. The van der Waals surface area contributed by atoms with E-state index in [2.05, 4.69) is 5.29 Å². The van der Waals surface area contributed by atoms with Crippen molar-refractivity contribution < 1.29 is 13.2 Å².